The molecule has 0 aromatic carbocycles. The molecular weight excluding hydrogens is 176 g/mol. The van der Waals surface area contributed by atoms with Crippen molar-refractivity contribution in [2.75, 3.05) is 7.11 Å². The summed E-state index contributed by atoms with van der Waals surface area (Å²) in [5, 5.41) is 0. The third-order valence-corrected chi connectivity index (χ3v) is 3.63. The van der Waals surface area contributed by atoms with Gasteiger partial charge in [-0.25, -0.2) is 0 Å². The number of hydrogen-bond acceptors (Lipinski definition) is 2. The van der Waals surface area contributed by atoms with Gasteiger partial charge >= 0.3 is 0 Å². The molecule has 0 unspecified atom stereocenters. The zero-order chi connectivity index (χ0) is 10.8. The van der Waals surface area contributed by atoms with Crippen molar-refractivity contribution >= 4 is 5.78 Å². The van der Waals surface area contributed by atoms with Crippen LogP contribution in [-0.2, 0) is 9.53 Å². The fourth-order valence-electron chi connectivity index (χ4n) is 2.25. The van der Waals surface area contributed by atoms with Crippen LogP contribution in [0.4, 0.5) is 0 Å². The standard InChI is InChI=1S/C12H22O2/c1-5-10(13)12(14-4)8-6-11(2,3)7-9-12/h5-9H2,1-4H3. The SMILES string of the molecule is CCC(=O)C1(OC)CCC(C)(C)CC1. The molecule has 0 atom stereocenters. The molecule has 2 heteroatoms. The topological polar surface area (TPSA) is 26.3 Å². The van der Waals surface area contributed by atoms with E-state index in [0.29, 0.717) is 11.8 Å². The molecule has 1 aliphatic carbocycles. The van der Waals surface area contributed by atoms with Crippen LogP contribution in [0.15, 0.2) is 0 Å². The number of ether oxygens (including phenoxy) is 1. The quantitative estimate of drug-likeness (QED) is 0.697. The lowest BCUT2D eigenvalue weighted by molar-refractivity contribution is -0.147. The van der Waals surface area contributed by atoms with Crippen molar-refractivity contribution in [3.8, 4) is 0 Å². The van der Waals surface area contributed by atoms with E-state index in [9.17, 15) is 4.79 Å². The molecule has 0 radical (unpaired) electrons. The van der Waals surface area contributed by atoms with Gasteiger partial charge in [-0.3, -0.25) is 4.79 Å². The summed E-state index contributed by atoms with van der Waals surface area (Å²) in [5.41, 5.74) is -0.0691. The van der Waals surface area contributed by atoms with Gasteiger partial charge in [-0.05, 0) is 31.1 Å². The average Bonchev–Trinajstić information content (AvgIpc) is 2.18. The van der Waals surface area contributed by atoms with E-state index >= 15 is 0 Å². The fraction of sp³-hybridized carbons (Fsp3) is 0.917. The maximum atomic E-state index is 11.8. The Morgan fingerprint density at radius 2 is 1.71 bits per heavy atom. The van der Waals surface area contributed by atoms with E-state index in [4.69, 9.17) is 4.74 Å². The highest BCUT2D eigenvalue weighted by Crippen LogP contribution is 2.42. The highest BCUT2D eigenvalue weighted by Gasteiger charge is 2.42. The number of Topliss-reactive ketones (excluding diaryl/α,β-unsaturated/α-hetero) is 1. The summed E-state index contributed by atoms with van der Waals surface area (Å²) in [5.74, 6) is 0.274. The first-order valence-electron chi connectivity index (χ1n) is 5.54. The van der Waals surface area contributed by atoms with Crippen molar-refractivity contribution in [3.05, 3.63) is 0 Å². The summed E-state index contributed by atoms with van der Waals surface area (Å²) in [7, 11) is 1.67. The minimum absolute atomic E-state index is 0.274. The van der Waals surface area contributed by atoms with E-state index in [1.54, 1.807) is 7.11 Å². The molecule has 0 heterocycles. The van der Waals surface area contributed by atoms with Crippen molar-refractivity contribution in [2.45, 2.75) is 58.5 Å². The highest BCUT2D eigenvalue weighted by molar-refractivity contribution is 5.87. The fourth-order valence-corrected chi connectivity index (χ4v) is 2.25. The molecule has 82 valence electrons. The van der Waals surface area contributed by atoms with E-state index in [1.807, 2.05) is 6.92 Å². The molecule has 0 amide bonds. The Kier molecular flexibility index (Phi) is 3.36. The molecule has 0 bridgehead atoms. The highest BCUT2D eigenvalue weighted by atomic mass is 16.5. The second kappa shape index (κ2) is 4.01. The van der Waals surface area contributed by atoms with Crippen molar-refractivity contribution in [3.63, 3.8) is 0 Å². The molecule has 0 N–H and O–H groups in total. The lowest BCUT2D eigenvalue weighted by Crippen LogP contribution is -2.45. The minimum Gasteiger partial charge on any atom is -0.370 e. The molecule has 0 saturated heterocycles. The number of ketones is 1. The van der Waals surface area contributed by atoms with Crippen LogP contribution < -0.4 is 0 Å². The molecule has 2 nitrogen and oxygen atoms in total. The van der Waals surface area contributed by atoms with Crippen LogP contribution in [0.2, 0.25) is 0 Å². The van der Waals surface area contributed by atoms with Crippen LogP contribution in [0.1, 0.15) is 52.9 Å². The first kappa shape index (κ1) is 11.7. The maximum absolute atomic E-state index is 11.8. The third-order valence-electron chi connectivity index (χ3n) is 3.63. The van der Waals surface area contributed by atoms with Crippen molar-refractivity contribution in [1.29, 1.82) is 0 Å². The maximum Gasteiger partial charge on any atom is 0.164 e. The number of rotatable bonds is 3. The monoisotopic (exact) mass is 198 g/mol. The number of hydrogen-bond donors (Lipinski definition) is 0. The first-order chi connectivity index (χ1) is 6.46. The predicted molar refractivity (Wildman–Crippen MR) is 57.3 cm³/mol. The normalized spacial score (nSPS) is 24.6. The molecule has 1 rings (SSSR count). The van der Waals surface area contributed by atoms with Crippen molar-refractivity contribution in [1.82, 2.24) is 0 Å². The van der Waals surface area contributed by atoms with Crippen LogP contribution in [0.25, 0.3) is 0 Å². The lowest BCUT2D eigenvalue weighted by Gasteiger charge is -2.41. The predicted octanol–water partition coefficient (Wildman–Crippen LogP) is 2.95. The smallest absolute Gasteiger partial charge is 0.164 e. The molecule has 0 aromatic heterocycles. The Hall–Kier alpha value is -0.370. The summed E-state index contributed by atoms with van der Waals surface area (Å²) in [6.07, 6.45) is 4.56. The minimum atomic E-state index is -0.454. The van der Waals surface area contributed by atoms with Gasteiger partial charge in [-0.1, -0.05) is 20.8 Å². The van der Waals surface area contributed by atoms with E-state index in [1.165, 1.54) is 0 Å². The molecule has 0 aromatic rings. The first-order valence-corrected chi connectivity index (χ1v) is 5.54. The molecule has 0 spiro atoms. The van der Waals surface area contributed by atoms with E-state index < -0.39 is 5.60 Å². The summed E-state index contributed by atoms with van der Waals surface area (Å²) >= 11 is 0. The Morgan fingerprint density at radius 3 is 2.07 bits per heavy atom. The van der Waals surface area contributed by atoms with Gasteiger partial charge in [0.05, 0.1) is 0 Å². The van der Waals surface area contributed by atoms with Crippen LogP contribution in [-0.4, -0.2) is 18.5 Å². The van der Waals surface area contributed by atoms with Gasteiger partial charge in [0, 0.05) is 13.5 Å². The van der Waals surface area contributed by atoms with Gasteiger partial charge in [-0.15, -0.1) is 0 Å². The molecular formula is C12H22O2. The van der Waals surface area contributed by atoms with Crippen molar-refractivity contribution < 1.29 is 9.53 Å². The second-order valence-electron chi connectivity index (χ2n) is 5.14. The largest absolute Gasteiger partial charge is 0.370 e. The Bertz CT molecular complexity index is 208. The Balaban J connectivity index is 2.71. The zero-order valence-electron chi connectivity index (χ0n) is 9.85. The van der Waals surface area contributed by atoms with Gasteiger partial charge < -0.3 is 4.74 Å². The second-order valence-corrected chi connectivity index (χ2v) is 5.14. The van der Waals surface area contributed by atoms with Crippen molar-refractivity contribution in [2.24, 2.45) is 5.41 Å². The van der Waals surface area contributed by atoms with Crippen LogP contribution in [0, 0.1) is 5.41 Å². The summed E-state index contributed by atoms with van der Waals surface area (Å²) < 4.78 is 5.48. The van der Waals surface area contributed by atoms with Gasteiger partial charge in [0.1, 0.15) is 5.60 Å². The van der Waals surface area contributed by atoms with Gasteiger partial charge in [-0.2, -0.15) is 0 Å². The van der Waals surface area contributed by atoms with Gasteiger partial charge in [0.15, 0.2) is 5.78 Å². The summed E-state index contributed by atoms with van der Waals surface area (Å²) in [6, 6.07) is 0. The molecule has 1 saturated carbocycles. The molecule has 0 aliphatic heterocycles. The zero-order valence-corrected chi connectivity index (χ0v) is 9.85. The number of carbonyl (C=O) groups is 1. The van der Waals surface area contributed by atoms with Crippen LogP contribution >= 0.6 is 0 Å². The van der Waals surface area contributed by atoms with E-state index in [2.05, 4.69) is 13.8 Å². The molecule has 1 aliphatic rings. The van der Waals surface area contributed by atoms with Crippen LogP contribution in [0.3, 0.4) is 0 Å². The lowest BCUT2D eigenvalue weighted by atomic mass is 9.69. The average molecular weight is 198 g/mol. The Morgan fingerprint density at radius 1 is 1.21 bits per heavy atom. The summed E-state index contributed by atoms with van der Waals surface area (Å²) in [4.78, 5) is 11.8. The van der Waals surface area contributed by atoms with Crippen LogP contribution in [0.5, 0.6) is 0 Å². The van der Waals surface area contributed by atoms with Gasteiger partial charge in [0.2, 0.25) is 0 Å². The third kappa shape index (κ3) is 2.17. The number of methoxy groups -OCH3 is 1. The van der Waals surface area contributed by atoms with E-state index in [0.717, 1.165) is 25.7 Å². The van der Waals surface area contributed by atoms with Gasteiger partial charge in [0.25, 0.3) is 0 Å². The summed E-state index contributed by atoms with van der Waals surface area (Å²) in [6.45, 7) is 6.45. The Labute approximate surface area is 87.0 Å². The number of carbonyl (C=O) groups excluding carboxylic acids is 1. The molecule has 14 heavy (non-hydrogen) atoms. The molecule has 1 fully saturated rings. The van der Waals surface area contributed by atoms with E-state index in [-0.39, 0.29) is 5.78 Å².